The standard InChI is InChI=1S/C14H20N2O2.ClH/c1-12-10-16(7-8-18-12)11-14(17)15-9-13-5-3-2-4-6-13;/h2-6,12H,7-11H2,1H3,(H,15,17);1H. The van der Waals surface area contributed by atoms with Crippen LogP contribution in [0.15, 0.2) is 30.3 Å². The fraction of sp³-hybridized carbons (Fsp3) is 0.500. The molecule has 0 saturated carbocycles. The Kier molecular flexibility index (Phi) is 6.84. The van der Waals surface area contributed by atoms with Gasteiger partial charge in [0.1, 0.15) is 0 Å². The van der Waals surface area contributed by atoms with Crippen LogP contribution in [0, 0.1) is 0 Å². The number of amides is 1. The van der Waals surface area contributed by atoms with Crippen LogP contribution in [0.3, 0.4) is 0 Å². The zero-order chi connectivity index (χ0) is 12.8. The van der Waals surface area contributed by atoms with E-state index < -0.39 is 0 Å². The molecule has 1 atom stereocenters. The van der Waals surface area contributed by atoms with Gasteiger partial charge in [0.2, 0.25) is 5.91 Å². The van der Waals surface area contributed by atoms with E-state index in [0.717, 1.165) is 18.7 Å². The molecule has 106 valence electrons. The molecule has 1 aliphatic rings. The minimum absolute atomic E-state index is 0. The molecule has 19 heavy (non-hydrogen) atoms. The van der Waals surface area contributed by atoms with Gasteiger partial charge < -0.3 is 10.1 Å². The van der Waals surface area contributed by atoms with E-state index in [1.165, 1.54) is 0 Å². The summed E-state index contributed by atoms with van der Waals surface area (Å²) in [7, 11) is 0. The number of nitrogens with one attached hydrogen (secondary N) is 1. The van der Waals surface area contributed by atoms with Crippen LogP contribution in [0.1, 0.15) is 12.5 Å². The predicted molar refractivity (Wildman–Crippen MR) is 77.4 cm³/mol. The van der Waals surface area contributed by atoms with Crippen LogP contribution in [-0.4, -0.2) is 43.2 Å². The third-order valence-electron chi connectivity index (χ3n) is 3.02. The van der Waals surface area contributed by atoms with Crippen molar-refractivity contribution in [1.29, 1.82) is 0 Å². The first-order valence-electron chi connectivity index (χ1n) is 6.38. The van der Waals surface area contributed by atoms with Crippen molar-refractivity contribution >= 4 is 18.3 Å². The molecule has 1 unspecified atom stereocenters. The molecule has 2 rings (SSSR count). The maximum absolute atomic E-state index is 11.8. The molecular weight excluding hydrogens is 264 g/mol. The predicted octanol–water partition coefficient (Wildman–Crippen LogP) is 1.45. The molecule has 0 radical (unpaired) electrons. The van der Waals surface area contributed by atoms with E-state index in [-0.39, 0.29) is 24.4 Å². The van der Waals surface area contributed by atoms with Crippen LogP contribution in [0.5, 0.6) is 0 Å². The lowest BCUT2D eigenvalue weighted by molar-refractivity contribution is -0.124. The fourth-order valence-corrected chi connectivity index (χ4v) is 2.09. The van der Waals surface area contributed by atoms with Crippen molar-refractivity contribution in [2.75, 3.05) is 26.2 Å². The highest BCUT2D eigenvalue weighted by Gasteiger charge is 2.18. The van der Waals surface area contributed by atoms with Crippen molar-refractivity contribution in [2.24, 2.45) is 0 Å². The minimum Gasteiger partial charge on any atom is -0.376 e. The number of benzene rings is 1. The zero-order valence-electron chi connectivity index (χ0n) is 11.2. The van der Waals surface area contributed by atoms with Crippen LogP contribution >= 0.6 is 12.4 Å². The Bertz CT molecular complexity index is 386. The molecule has 0 aliphatic carbocycles. The van der Waals surface area contributed by atoms with E-state index in [2.05, 4.69) is 10.2 Å². The van der Waals surface area contributed by atoms with Gasteiger partial charge in [-0.2, -0.15) is 0 Å². The second-order valence-corrected chi connectivity index (χ2v) is 4.68. The third-order valence-corrected chi connectivity index (χ3v) is 3.02. The second kappa shape index (κ2) is 8.15. The molecule has 4 nitrogen and oxygen atoms in total. The summed E-state index contributed by atoms with van der Waals surface area (Å²) in [4.78, 5) is 13.9. The first-order valence-corrected chi connectivity index (χ1v) is 6.38. The lowest BCUT2D eigenvalue weighted by Gasteiger charge is -2.30. The average Bonchev–Trinajstić information content (AvgIpc) is 2.38. The molecular formula is C14H21ClN2O2. The summed E-state index contributed by atoms with van der Waals surface area (Å²) in [6, 6.07) is 9.95. The molecule has 5 heteroatoms. The van der Waals surface area contributed by atoms with Gasteiger partial charge in [-0.3, -0.25) is 9.69 Å². The Morgan fingerprint density at radius 1 is 1.42 bits per heavy atom. The highest BCUT2D eigenvalue weighted by atomic mass is 35.5. The number of halogens is 1. The van der Waals surface area contributed by atoms with E-state index in [0.29, 0.717) is 19.7 Å². The van der Waals surface area contributed by atoms with Crippen molar-refractivity contribution in [3.05, 3.63) is 35.9 Å². The van der Waals surface area contributed by atoms with E-state index in [9.17, 15) is 4.79 Å². The quantitative estimate of drug-likeness (QED) is 0.910. The molecule has 1 saturated heterocycles. The van der Waals surface area contributed by atoms with E-state index in [4.69, 9.17) is 4.74 Å². The summed E-state index contributed by atoms with van der Waals surface area (Å²) in [5.41, 5.74) is 1.13. The van der Waals surface area contributed by atoms with E-state index in [1.54, 1.807) is 0 Å². The minimum atomic E-state index is 0. The molecule has 0 aromatic heterocycles. The molecule has 0 bridgehead atoms. The Morgan fingerprint density at radius 2 is 2.16 bits per heavy atom. The van der Waals surface area contributed by atoms with Crippen molar-refractivity contribution < 1.29 is 9.53 Å². The van der Waals surface area contributed by atoms with Crippen LogP contribution in [-0.2, 0) is 16.1 Å². The topological polar surface area (TPSA) is 41.6 Å². The Labute approximate surface area is 120 Å². The number of morpholine rings is 1. The molecule has 1 fully saturated rings. The smallest absolute Gasteiger partial charge is 0.234 e. The monoisotopic (exact) mass is 284 g/mol. The SMILES string of the molecule is CC1CN(CC(=O)NCc2ccccc2)CCO1.Cl. The molecule has 0 spiro atoms. The maximum atomic E-state index is 11.8. The first kappa shape index (κ1) is 16.0. The van der Waals surface area contributed by atoms with Crippen LogP contribution < -0.4 is 5.32 Å². The molecule has 1 aromatic carbocycles. The van der Waals surface area contributed by atoms with Gasteiger partial charge in [-0.05, 0) is 12.5 Å². The molecule has 1 aromatic rings. The van der Waals surface area contributed by atoms with Gasteiger partial charge in [-0.15, -0.1) is 12.4 Å². The van der Waals surface area contributed by atoms with Crippen LogP contribution in [0.4, 0.5) is 0 Å². The fourth-order valence-electron chi connectivity index (χ4n) is 2.09. The van der Waals surface area contributed by atoms with Gasteiger partial charge in [0.05, 0.1) is 19.3 Å². The van der Waals surface area contributed by atoms with E-state index in [1.807, 2.05) is 37.3 Å². The number of rotatable bonds is 4. The summed E-state index contributed by atoms with van der Waals surface area (Å²) in [5.74, 6) is 0.0768. The summed E-state index contributed by atoms with van der Waals surface area (Å²) in [6.45, 7) is 5.48. The number of carbonyl (C=O) groups excluding carboxylic acids is 1. The van der Waals surface area contributed by atoms with Crippen LogP contribution in [0.2, 0.25) is 0 Å². The van der Waals surface area contributed by atoms with Gasteiger partial charge in [0.25, 0.3) is 0 Å². The normalized spacial score (nSPS) is 19.5. The summed E-state index contributed by atoms with van der Waals surface area (Å²) in [6.07, 6.45) is 0.223. The number of carbonyl (C=O) groups is 1. The Hall–Kier alpha value is -1.10. The Morgan fingerprint density at radius 3 is 2.84 bits per heavy atom. The number of hydrogen-bond acceptors (Lipinski definition) is 3. The van der Waals surface area contributed by atoms with E-state index >= 15 is 0 Å². The Balaban J connectivity index is 0.00000180. The van der Waals surface area contributed by atoms with Gasteiger partial charge in [0.15, 0.2) is 0 Å². The highest BCUT2D eigenvalue weighted by Crippen LogP contribution is 2.03. The molecule has 1 amide bonds. The summed E-state index contributed by atoms with van der Waals surface area (Å²) < 4.78 is 5.45. The van der Waals surface area contributed by atoms with Gasteiger partial charge in [-0.1, -0.05) is 30.3 Å². The van der Waals surface area contributed by atoms with Crippen LogP contribution in [0.25, 0.3) is 0 Å². The van der Waals surface area contributed by atoms with Gasteiger partial charge in [0, 0.05) is 19.6 Å². The highest BCUT2D eigenvalue weighted by molar-refractivity contribution is 5.85. The average molecular weight is 285 g/mol. The summed E-state index contributed by atoms with van der Waals surface area (Å²) in [5, 5.41) is 2.94. The molecule has 1 heterocycles. The lowest BCUT2D eigenvalue weighted by atomic mass is 10.2. The lowest BCUT2D eigenvalue weighted by Crippen LogP contribution is -2.45. The maximum Gasteiger partial charge on any atom is 0.234 e. The van der Waals surface area contributed by atoms with Crippen molar-refractivity contribution in [3.63, 3.8) is 0 Å². The second-order valence-electron chi connectivity index (χ2n) is 4.68. The molecule has 1 N–H and O–H groups in total. The first-order chi connectivity index (χ1) is 8.74. The summed E-state index contributed by atoms with van der Waals surface area (Å²) >= 11 is 0. The largest absolute Gasteiger partial charge is 0.376 e. The number of ether oxygens (including phenoxy) is 1. The number of nitrogens with zero attached hydrogens (tertiary/aromatic N) is 1. The van der Waals surface area contributed by atoms with Crippen molar-refractivity contribution in [2.45, 2.75) is 19.6 Å². The third kappa shape index (κ3) is 5.59. The zero-order valence-corrected chi connectivity index (χ0v) is 12.0. The van der Waals surface area contributed by atoms with Crippen molar-refractivity contribution in [3.8, 4) is 0 Å². The van der Waals surface area contributed by atoms with Crippen molar-refractivity contribution in [1.82, 2.24) is 10.2 Å². The molecule has 1 aliphatic heterocycles. The number of hydrogen-bond donors (Lipinski definition) is 1. The van der Waals surface area contributed by atoms with Gasteiger partial charge in [-0.25, -0.2) is 0 Å². The van der Waals surface area contributed by atoms with Gasteiger partial charge >= 0.3 is 0 Å².